The first-order valence-electron chi connectivity index (χ1n) is 9.31. The lowest BCUT2D eigenvalue weighted by atomic mass is 10.1. The fourth-order valence-electron chi connectivity index (χ4n) is 2.45. The Labute approximate surface area is 172 Å². The summed E-state index contributed by atoms with van der Waals surface area (Å²) in [5.41, 5.74) is 1.51. The van der Waals surface area contributed by atoms with Gasteiger partial charge in [-0.2, -0.15) is 13.2 Å². The third kappa shape index (κ3) is 7.02. The minimum absolute atomic E-state index is 0.0879. The Morgan fingerprint density at radius 3 is 2.37 bits per heavy atom. The monoisotopic (exact) mass is 423 g/mol. The van der Waals surface area contributed by atoms with Crippen molar-refractivity contribution in [1.29, 1.82) is 0 Å². The normalized spacial score (nSPS) is 12.4. The molecule has 0 aromatic carbocycles. The lowest BCUT2D eigenvalue weighted by molar-refractivity contribution is -0.119. The highest BCUT2D eigenvalue weighted by atomic mass is 19.4. The Balaban J connectivity index is 2.04. The number of aromatic nitrogens is 2. The van der Waals surface area contributed by atoms with Crippen LogP contribution < -0.4 is 16.0 Å². The van der Waals surface area contributed by atoms with Crippen LogP contribution in [0.3, 0.4) is 0 Å². The summed E-state index contributed by atoms with van der Waals surface area (Å²) < 4.78 is 36.8. The number of aryl methyl sites for hydroxylation is 1. The molecule has 0 aliphatic carbocycles. The van der Waals surface area contributed by atoms with E-state index in [4.69, 9.17) is 0 Å². The van der Waals surface area contributed by atoms with Gasteiger partial charge in [-0.3, -0.25) is 9.59 Å². The van der Waals surface area contributed by atoms with Gasteiger partial charge in [0, 0.05) is 23.4 Å². The second-order valence-corrected chi connectivity index (χ2v) is 7.17. The molecule has 10 heteroatoms. The topological polar surface area (TPSA) is 96.0 Å². The van der Waals surface area contributed by atoms with Crippen LogP contribution in [0.4, 0.5) is 24.8 Å². The van der Waals surface area contributed by atoms with E-state index in [0.717, 1.165) is 0 Å². The van der Waals surface area contributed by atoms with Crippen LogP contribution in [-0.4, -0.2) is 34.5 Å². The maximum Gasteiger partial charge on any atom is 0.405 e. The number of pyridine rings is 2. The molecule has 0 fully saturated rings. The van der Waals surface area contributed by atoms with Crippen molar-refractivity contribution in [3.05, 3.63) is 47.3 Å². The average molecular weight is 423 g/mol. The van der Waals surface area contributed by atoms with Crippen LogP contribution >= 0.6 is 0 Å². The van der Waals surface area contributed by atoms with Gasteiger partial charge in [-0.1, -0.05) is 19.9 Å². The molecule has 7 nitrogen and oxygen atoms in total. The summed E-state index contributed by atoms with van der Waals surface area (Å²) in [6.07, 6.45) is -2.94. The Kier molecular flexibility index (Phi) is 7.36. The molecular formula is C20H24F3N5O2. The van der Waals surface area contributed by atoms with E-state index in [2.05, 4.69) is 25.9 Å². The number of hydrogen-bond donors (Lipinski definition) is 3. The molecule has 0 bridgehead atoms. The van der Waals surface area contributed by atoms with Crippen molar-refractivity contribution in [1.82, 2.24) is 15.3 Å². The van der Waals surface area contributed by atoms with E-state index in [-0.39, 0.29) is 29.4 Å². The van der Waals surface area contributed by atoms with Gasteiger partial charge in [0.1, 0.15) is 18.2 Å². The van der Waals surface area contributed by atoms with Gasteiger partial charge in [-0.25, -0.2) is 9.97 Å². The predicted octanol–water partition coefficient (Wildman–Crippen LogP) is 3.84. The largest absolute Gasteiger partial charge is 0.405 e. The molecule has 0 spiro atoms. The Hall–Kier alpha value is -3.17. The number of nitrogens with zero attached hydrogens (tertiary/aromatic N) is 2. The first kappa shape index (κ1) is 23.1. The molecule has 1 atom stereocenters. The summed E-state index contributed by atoms with van der Waals surface area (Å²) in [7, 11) is 0. The lowest BCUT2D eigenvalue weighted by Crippen LogP contribution is -2.27. The number of halogens is 3. The zero-order valence-corrected chi connectivity index (χ0v) is 17.1. The molecule has 2 aromatic heterocycles. The molecule has 3 N–H and O–H groups in total. The van der Waals surface area contributed by atoms with Crippen LogP contribution in [0, 0.1) is 12.8 Å². The maximum atomic E-state index is 12.6. The molecule has 162 valence electrons. The molecule has 0 saturated carbocycles. The standard InChI is InChI=1S/C20H24F3N5O2/c1-11(2)18(29)28-17-8-15(7-12(3)26-17)19(30)27-13(4)14-5-6-16(24-9-14)25-10-20(21,22)23/h5-9,11,13H,10H2,1-4H3,(H,24,25)(H,27,30)(H,26,28,29). The molecule has 2 amide bonds. The molecule has 2 heterocycles. The average Bonchev–Trinajstić information content (AvgIpc) is 2.65. The number of hydrogen-bond acceptors (Lipinski definition) is 5. The summed E-state index contributed by atoms with van der Waals surface area (Å²) in [5.74, 6) is -0.450. The summed E-state index contributed by atoms with van der Waals surface area (Å²) in [4.78, 5) is 32.6. The van der Waals surface area contributed by atoms with E-state index in [1.165, 1.54) is 18.3 Å². The molecule has 0 aliphatic heterocycles. The van der Waals surface area contributed by atoms with E-state index >= 15 is 0 Å². The molecule has 1 unspecified atom stereocenters. The summed E-state index contributed by atoms with van der Waals surface area (Å²) in [6.45, 7) is 5.76. The molecule has 0 radical (unpaired) electrons. The third-order valence-corrected chi connectivity index (χ3v) is 4.10. The quantitative estimate of drug-likeness (QED) is 0.629. The smallest absolute Gasteiger partial charge is 0.361 e. The van der Waals surface area contributed by atoms with Gasteiger partial charge < -0.3 is 16.0 Å². The van der Waals surface area contributed by atoms with Gasteiger partial charge in [-0.15, -0.1) is 0 Å². The second kappa shape index (κ2) is 9.55. The van der Waals surface area contributed by atoms with E-state index < -0.39 is 18.8 Å². The number of rotatable bonds is 7. The van der Waals surface area contributed by atoms with Crippen LogP contribution in [-0.2, 0) is 4.79 Å². The first-order valence-corrected chi connectivity index (χ1v) is 9.31. The van der Waals surface area contributed by atoms with Crippen LogP contribution in [0.15, 0.2) is 30.5 Å². The fraction of sp³-hybridized carbons (Fsp3) is 0.400. The number of anilines is 2. The van der Waals surface area contributed by atoms with E-state index in [1.54, 1.807) is 39.8 Å². The van der Waals surface area contributed by atoms with Gasteiger partial charge in [0.15, 0.2) is 0 Å². The van der Waals surface area contributed by atoms with Crippen molar-refractivity contribution >= 4 is 23.5 Å². The minimum atomic E-state index is -4.34. The van der Waals surface area contributed by atoms with Crippen molar-refractivity contribution in [2.24, 2.45) is 5.92 Å². The van der Waals surface area contributed by atoms with Crippen molar-refractivity contribution in [2.45, 2.75) is 39.9 Å². The zero-order chi connectivity index (χ0) is 22.5. The number of nitrogens with one attached hydrogen (secondary N) is 3. The predicted molar refractivity (Wildman–Crippen MR) is 107 cm³/mol. The Morgan fingerprint density at radius 2 is 1.80 bits per heavy atom. The Morgan fingerprint density at radius 1 is 1.10 bits per heavy atom. The van der Waals surface area contributed by atoms with Gasteiger partial charge in [0.2, 0.25) is 5.91 Å². The summed E-state index contributed by atoms with van der Waals surface area (Å²) in [6, 6.07) is 5.64. The van der Waals surface area contributed by atoms with E-state index in [9.17, 15) is 22.8 Å². The SMILES string of the molecule is Cc1cc(C(=O)NC(C)c2ccc(NCC(F)(F)F)nc2)cc(NC(=O)C(C)C)n1. The molecular weight excluding hydrogens is 399 g/mol. The highest BCUT2D eigenvalue weighted by Gasteiger charge is 2.26. The van der Waals surface area contributed by atoms with Crippen LogP contribution in [0.25, 0.3) is 0 Å². The van der Waals surface area contributed by atoms with Gasteiger partial charge in [0.25, 0.3) is 5.91 Å². The molecule has 2 aromatic rings. The third-order valence-electron chi connectivity index (χ3n) is 4.10. The number of alkyl halides is 3. The molecule has 2 rings (SSSR count). The van der Waals surface area contributed by atoms with Crippen LogP contribution in [0.5, 0.6) is 0 Å². The van der Waals surface area contributed by atoms with Crippen molar-refractivity contribution in [3.63, 3.8) is 0 Å². The number of carbonyl (C=O) groups excluding carboxylic acids is 2. The number of amides is 2. The molecule has 0 saturated heterocycles. The van der Waals surface area contributed by atoms with Crippen molar-refractivity contribution < 1.29 is 22.8 Å². The van der Waals surface area contributed by atoms with E-state index in [1.807, 2.05) is 0 Å². The molecule has 0 aliphatic rings. The van der Waals surface area contributed by atoms with Crippen LogP contribution in [0.1, 0.15) is 48.4 Å². The van der Waals surface area contributed by atoms with Gasteiger partial charge in [-0.05, 0) is 37.6 Å². The van der Waals surface area contributed by atoms with Gasteiger partial charge in [0.05, 0.1) is 6.04 Å². The van der Waals surface area contributed by atoms with E-state index in [0.29, 0.717) is 16.8 Å². The minimum Gasteiger partial charge on any atom is -0.361 e. The van der Waals surface area contributed by atoms with Gasteiger partial charge >= 0.3 is 6.18 Å². The summed E-state index contributed by atoms with van der Waals surface area (Å²) >= 11 is 0. The zero-order valence-electron chi connectivity index (χ0n) is 17.1. The second-order valence-electron chi connectivity index (χ2n) is 7.17. The van der Waals surface area contributed by atoms with Crippen LogP contribution in [0.2, 0.25) is 0 Å². The lowest BCUT2D eigenvalue weighted by Gasteiger charge is -2.16. The maximum absolute atomic E-state index is 12.6. The Bertz CT molecular complexity index is 898. The highest BCUT2D eigenvalue weighted by Crippen LogP contribution is 2.18. The highest BCUT2D eigenvalue weighted by molar-refractivity contribution is 5.97. The first-order chi connectivity index (χ1) is 13.9. The summed E-state index contributed by atoms with van der Waals surface area (Å²) in [5, 5.41) is 7.65. The van der Waals surface area contributed by atoms with Crippen molar-refractivity contribution in [3.8, 4) is 0 Å². The van der Waals surface area contributed by atoms with Crippen molar-refractivity contribution in [2.75, 3.05) is 17.2 Å². The molecule has 30 heavy (non-hydrogen) atoms. The fourth-order valence-corrected chi connectivity index (χ4v) is 2.45. The number of carbonyl (C=O) groups is 2.